The quantitative estimate of drug-likeness (QED) is 0.676. The maximum Gasteiger partial charge on any atom is 0.315 e. The van der Waals surface area contributed by atoms with Crippen molar-refractivity contribution in [3.63, 3.8) is 0 Å². The number of aliphatic hydroxyl groups is 1. The first-order valence-electron chi connectivity index (χ1n) is 8.25. The summed E-state index contributed by atoms with van der Waals surface area (Å²) in [5.74, 6) is 0. The molecule has 21 heavy (non-hydrogen) atoms. The van der Waals surface area contributed by atoms with Crippen LogP contribution in [0.1, 0.15) is 59.8 Å². The maximum atomic E-state index is 12.1. The van der Waals surface area contributed by atoms with Crippen molar-refractivity contribution in [2.24, 2.45) is 5.41 Å². The van der Waals surface area contributed by atoms with Gasteiger partial charge in [0.1, 0.15) is 0 Å². The monoisotopic (exact) mass is 300 g/mol. The summed E-state index contributed by atoms with van der Waals surface area (Å²) in [6.07, 6.45) is 4.75. The SMILES string of the molecule is CCC(CC)(CCO)CNC(=O)NC1CC(C)OC(C)C1. The van der Waals surface area contributed by atoms with Gasteiger partial charge in [0.25, 0.3) is 0 Å². The molecule has 1 aliphatic heterocycles. The van der Waals surface area contributed by atoms with E-state index in [1.807, 2.05) is 13.8 Å². The molecule has 0 aromatic rings. The van der Waals surface area contributed by atoms with E-state index in [0.717, 1.165) is 32.1 Å². The number of aliphatic hydroxyl groups excluding tert-OH is 1. The zero-order chi connectivity index (χ0) is 15.9. The van der Waals surface area contributed by atoms with Crippen LogP contribution < -0.4 is 10.6 Å². The zero-order valence-electron chi connectivity index (χ0n) is 13.9. The first kappa shape index (κ1) is 18.2. The normalized spacial score (nSPS) is 26.4. The molecule has 0 aromatic carbocycles. The summed E-state index contributed by atoms with van der Waals surface area (Å²) in [6.45, 7) is 9.09. The van der Waals surface area contributed by atoms with Crippen molar-refractivity contribution in [3.8, 4) is 0 Å². The number of urea groups is 1. The third-order valence-corrected chi connectivity index (χ3v) is 4.80. The Labute approximate surface area is 128 Å². The fourth-order valence-corrected chi connectivity index (χ4v) is 3.21. The highest BCUT2D eigenvalue weighted by Gasteiger charge is 2.28. The number of ether oxygens (including phenoxy) is 1. The Kier molecular flexibility index (Phi) is 7.46. The van der Waals surface area contributed by atoms with E-state index in [4.69, 9.17) is 4.74 Å². The van der Waals surface area contributed by atoms with E-state index in [1.54, 1.807) is 0 Å². The molecule has 0 radical (unpaired) electrons. The van der Waals surface area contributed by atoms with Crippen molar-refractivity contribution < 1.29 is 14.6 Å². The summed E-state index contributed by atoms with van der Waals surface area (Å²) in [4.78, 5) is 12.1. The highest BCUT2D eigenvalue weighted by atomic mass is 16.5. The van der Waals surface area contributed by atoms with E-state index in [9.17, 15) is 9.90 Å². The zero-order valence-corrected chi connectivity index (χ0v) is 13.9. The summed E-state index contributed by atoms with van der Waals surface area (Å²) < 4.78 is 5.68. The topological polar surface area (TPSA) is 70.6 Å². The van der Waals surface area contributed by atoms with Crippen LogP contribution >= 0.6 is 0 Å². The second-order valence-electron chi connectivity index (χ2n) is 6.43. The lowest BCUT2D eigenvalue weighted by atomic mass is 9.79. The first-order valence-corrected chi connectivity index (χ1v) is 8.25. The number of carbonyl (C=O) groups excluding carboxylic acids is 1. The van der Waals surface area contributed by atoms with Crippen molar-refractivity contribution in [3.05, 3.63) is 0 Å². The number of hydrogen-bond donors (Lipinski definition) is 3. The van der Waals surface area contributed by atoms with E-state index in [2.05, 4.69) is 24.5 Å². The molecule has 1 aliphatic rings. The predicted octanol–water partition coefficient (Wildman–Crippen LogP) is 2.43. The number of nitrogens with one attached hydrogen (secondary N) is 2. The lowest BCUT2D eigenvalue weighted by Crippen LogP contribution is -2.49. The highest BCUT2D eigenvalue weighted by molar-refractivity contribution is 5.74. The van der Waals surface area contributed by atoms with Gasteiger partial charge in [-0.3, -0.25) is 0 Å². The van der Waals surface area contributed by atoms with Gasteiger partial charge in [-0.15, -0.1) is 0 Å². The first-order chi connectivity index (χ1) is 9.94. The van der Waals surface area contributed by atoms with Crippen LogP contribution in [-0.2, 0) is 4.74 Å². The summed E-state index contributed by atoms with van der Waals surface area (Å²) in [6, 6.07) is 0.0739. The fourth-order valence-electron chi connectivity index (χ4n) is 3.21. The van der Waals surface area contributed by atoms with Crippen LogP contribution in [0.4, 0.5) is 4.79 Å². The lowest BCUT2D eigenvalue weighted by Gasteiger charge is -2.34. The van der Waals surface area contributed by atoms with Gasteiger partial charge >= 0.3 is 6.03 Å². The number of amides is 2. The Hall–Kier alpha value is -0.810. The van der Waals surface area contributed by atoms with Gasteiger partial charge in [0.2, 0.25) is 0 Å². The molecular formula is C16H32N2O3. The van der Waals surface area contributed by atoms with Crippen molar-refractivity contribution in [1.82, 2.24) is 10.6 Å². The van der Waals surface area contributed by atoms with Crippen molar-refractivity contribution >= 4 is 6.03 Å². The Morgan fingerprint density at radius 1 is 1.24 bits per heavy atom. The highest BCUT2D eigenvalue weighted by Crippen LogP contribution is 2.29. The van der Waals surface area contributed by atoms with E-state index in [-0.39, 0.29) is 36.3 Å². The Morgan fingerprint density at radius 3 is 2.29 bits per heavy atom. The molecule has 5 heteroatoms. The van der Waals surface area contributed by atoms with Crippen molar-refractivity contribution in [1.29, 1.82) is 0 Å². The van der Waals surface area contributed by atoms with Crippen LogP contribution in [0.2, 0.25) is 0 Å². The van der Waals surface area contributed by atoms with Gasteiger partial charge in [-0.25, -0.2) is 4.79 Å². The number of rotatable bonds is 7. The van der Waals surface area contributed by atoms with Gasteiger partial charge in [0.15, 0.2) is 0 Å². The Balaban J connectivity index is 2.42. The minimum atomic E-state index is -0.106. The lowest BCUT2D eigenvalue weighted by molar-refractivity contribution is -0.0402. The molecule has 0 saturated carbocycles. The molecular weight excluding hydrogens is 268 g/mol. The van der Waals surface area contributed by atoms with Crippen molar-refractivity contribution in [2.45, 2.75) is 78.0 Å². The van der Waals surface area contributed by atoms with Gasteiger partial charge in [0.05, 0.1) is 12.2 Å². The van der Waals surface area contributed by atoms with Gasteiger partial charge in [0, 0.05) is 19.2 Å². The van der Waals surface area contributed by atoms with Crippen LogP contribution in [0.25, 0.3) is 0 Å². The molecule has 1 fully saturated rings. The van der Waals surface area contributed by atoms with E-state index >= 15 is 0 Å². The van der Waals surface area contributed by atoms with Gasteiger partial charge < -0.3 is 20.5 Å². The molecule has 2 amide bonds. The average molecular weight is 300 g/mol. The fraction of sp³-hybridized carbons (Fsp3) is 0.938. The number of hydrogen-bond acceptors (Lipinski definition) is 3. The minimum Gasteiger partial charge on any atom is -0.396 e. The molecule has 0 spiro atoms. The third kappa shape index (κ3) is 5.83. The third-order valence-electron chi connectivity index (χ3n) is 4.80. The van der Waals surface area contributed by atoms with Gasteiger partial charge in [-0.05, 0) is 51.4 Å². The molecule has 5 nitrogen and oxygen atoms in total. The van der Waals surface area contributed by atoms with Gasteiger partial charge in [-0.2, -0.15) is 0 Å². The van der Waals surface area contributed by atoms with E-state index in [0.29, 0.717) is 6.54 Å². The molecule has 124 valence electrons. The Morgan fingerprint density at radius 2 is 1.81 bits per heavy atom. The molecule has 0 aliphatic carbocycles. The van der Waals surface area contributed by atoms with Crippen LogP contribution in [0.3, 0.4) is 0 Å². The maximum absolute atomic E-state index is 12.1. The largest absolute Gasteiger partial charge is 0.396 e. The second-order valence-corrected chi connectivity index (χ2v) is 6.43. The standard InChI is InChI=1S/C16H32N2O3/c1-5-16(6-2,7-8-19)11-17-15(20)18-14-9-12(3)21-13(4)10-14/h12-14,19H,5-11H2,1-4H3,(H2,17,18,20). The van der Waals surface area contributed by atoms with Crippen molar-refractivity contribution in [2.75, 3.05) is 13.2 Å². The number of carbonyl (C=O) groups is 1. The molecule has 1 heterocycles. The van der Waals surface area contributed by atoms with E-state index < -0.39 is 0 Å². The minimum absolute atomic E-state index is 0.00233. The average Bonchev–Trinajstić information content (AvgIpc) is 2.42. The Bertz CT molecular complexity index is 309. The van der Waals surface area contributed by atoms with Crippen LogP contribution in [0.15, 0.2) is 0 Å². The van der Waals surface area contributed by atoms with Gasteiger partial charge in [-0.1, -0.05) is 13.8 Å². The molecule has 1 saturated heterocycles. The smallest absolute Gasteiger partial charge is 0.315 e. The second kappa shape index (κ2) is 8.59. The molecule has 3 N–H and O–H groups in total. The van der Waals surface area contributed by atoms with E-state index in [1.165, 1.54) is 0 Å². The molecule has 0 bridgehead atoms. The molecule has 2 unspecified atom stereocenters. The molecule has 2 atom stereocenters. The summed E-state index contributed by atoms with van der Waals surface area (Å²) in [5, 5.41) is 15.2. The predicted molar refractivity (Wildman–Crippen MR) is 84.3 cm³/mol. The summed E-state index contributed by atoms with van der Waals surface area (Å²) in [7, 11) is 0. The molecule has 1 rings (SSSR count). The summed E-state index contributed by atoms with van der Waals surface area (Å²) >= 11 is 0. The molecule has 0 aromatic heterocycles. The van der Waals surface area contributed by atoms with Crippen LogP contribution in [0, 0.1) is 5.41 Å². The summed E-state index contributed by atoms with van der Waals surface area (Å²) in [5.41, 5.74) is 0.00233. The van der Waals surface area contributed by atoms with Crippen LogP contribution in [-0.4, -0.2) is 42.5 Å². The van der Waals surface area contributed by atoms with Crippen LogP contribution in [0.5, 0.6) is 0 Å².